The van der Waals surface area contributed by atoms with Gasteiger partial charge in [-0.3, -0.25) is 39.0 Å². The van der Waals surface area contributed by atoms with Crippen LogP contribution in [0.15, 0.2) is 36.4 Å². The molecule has 0 aliphatic rings. The van der Waals surface area contributed by atoms with Gasteiger partial charge in [0.05, 0.1) is 35.8 Å². The summed E-state index contributed by atoms with van der Waals surface area (Å²) in [5.74, 6) is -3.41. The Labute approximate surface area is 267 Å². The van der Waals surface area contributed by atoms with Crippen molar-refractivity contribution >= 4 is 54.3 Å². The fraction of sp³-hybridized carbons (Fsp3) is 0.423. The van der Waals surface area contributed by atoms with Crippen molar-refractivity contribution in [3.8, 4) is 0 Å². The molecule has 2 aromatic rings. The predicted octanol–water partition coefficient (Wildman–Crippen LogP) is -3.04. The molecular formula is C26H34B2FN5O13. The van der Waals surface area contributed by atoms with Crippen LogP contribution in [0.25, 0.3) is 0 Å². The number of non-ortho nitro benzene ring substituents is 2. The van der Waals surface area contributed by atoms with Gasteiger partial charge in [0, 0.05) is 60.9 Å². The average Bonchev–Trinajstić information content (AvgIpc) is 3.03. The van der Waals surface area contributed by atoms with Crippen molar-refractivity contribution in [2.75, 3.05) is 39.5 Å². The van der Waals surface area contributed by atoms with Crippen molar-refractivity contribution < 1.29 is 58.9 Å². The van der Waals surface area contributed by atoms with E-state index in [4.69, 9.17) is 5.11 Å². The number of nitrogens with zero attached hydrogens (tertiary/aromatic N) is 3. The number of carbonyl (C=O) groups is 3. The number of alkyl halides is 1. The maximum absolute atomic E-state index is 13.4. The number of hydrogen-bond donors (Lipinski definition) is 8. The molecule has 0 aliphatic heterocycles. The molecule has 0 saturated heterocycles. The first-order valence-electron chi connectivity index (χ1n) is 14.2. The largest absolute Gasteiger partial charge is 0.488 e. The second kappa shape index (κ2) is 18.6. The van der Waals surface area contributed by atoms with Gasteiger partial charge in [0.2, 0.25) is 5.91 Å². The van der Waals surface area contributed by atoms with Crippen LogP contribution < -0.4 is 21.6 Å². The number of nitrogens with one attached hydrogen (secondary N) is 2. The van der Waals surface area contributed by atoms with E-state index in [1.807, 2.05) is 0 Å². The summed E-state index contributed by atoms with van der Waals surface area (Å²) < 4.78 is 12.8. The van der Waals surface area contributed by atoms with Gasteiger partial charge in [0.1, 0.15) is 0 Å². The van der Waals surface area contributed by atoms with E-state index in [0.717, 1.165) is 41.3 Å². The van der Waals surface area contributed by atoms with Crippen LogP contribution in [0.1, 0.15) is 40.0 Å². The molecule has 18 nitrogen and oxygen atoms in total. The third-order valence-corrected chi connectivity index (χ3v) is 6.90. The molecule has 0 saturated carbocycles. The number of aliphatic hydroxyl groups is 2. The van der Waals surface area contributed by atoms with E-state index in [1.54, 1.807) is 0 Å². The summed E-state index contributed by atoms with van der Waals surface area (Å²) >= 11 is 0. The van der Waals surface area contributed by atoms with Crippen LogP contribution in [-0.2, 0) is 4.79 Å². The van der Waals surface area contributed by atoms with Crippen molar-refractivity contribution in [3.63, 3.8) is 0 Å². The van der Waals surface area contributed by atoms with E-state index in [0.29, 0.717) is 0 Å². The summed E-state index contributed by atoms with van der Waals surface area (Å²) in [5, 5.41) is 84.4. The molecule has 0 radical (unpaired) electrons. The van der Waals surface area contributed by atoms with Gasteiger partial charge in [-0.2, -0.15) is 0 Å². The molecule has 47 heavy (non-hydrogen) atoms. The molecule has 3 amide bonds. The van der Waals surface area contributed by atoms with Gasteiger partial charge in [0.15, 0.2) is 0 Å². The molecule has 8 N–H and O–H groups in total. The number of rotatable bonds is 19. The van der Waals surface area contributed by atoms with Gasteiger partial charge >= 0.3 is 14.2 Å². The lowest BCUT2D eigenvalue weighted by Gasteiger charge is -2.23. The molecule has 0 aromatic heterocycles. The molecule has 254 valence electrons. The summed E-state index contributed by atoms with van der Waals surface area (Å²) in [4.78, 5) is 60.6. The van der Waals surface area contributed by atoms with E-state index < -0.39 is 85.0 Å². The zero-order valence-electron chi connectivity index (χ0n) is 24.9. The molecule has 21 heteroatoms. The van der Waals surface area contributed by atoms with Gasteiger partial charge in [-0.1, -0.05) is 0 Å². The molecule has 2 aromatic carbocycles. The monoisotopic (exact) mass is 665 g/mol. The van der Waals surface area contributed by atoms with E-state index in [-0.39, 0.29) is 60.9 Å². The standard InChI is InChI=1S/C26H34B2FN5O13/c29-13-18(15-35)23(36)3-1-4-30-24(37)14-32(26(39)17-8-20(28(42)43)12-22(10-17)34(46)47)6-2-5-31-25(38)16-7-19(27(40)41)11-21(9-16)33(44)45/h7-12,18,23,35-36,40-43H,1-6,13-15H2,(H,30,37)(H,31,38)/t18?,23-/m1/s1. The van der Waals surface area contributed by atoms with Crippen molar-refractivity contribution in [2.45, 2.75) is 25.4 Å². The molecule has 0 fully saturated rings. The van der Waals surface area contributed by atoms with Crippen LogP contribution in [0.5, 0.6) is 0 Å². The lowest BCUT2D eigenvalue weighted by Crippen LogP contribution is -2.43. The quantitative estimate of drug-likeness (QED) is 0.0321. The highest BCUT2D eigenvalue weighted by atomic mass is 19.1. The second-order valence-electron chi connectivity index (χ2n) is 10.4. The Morgan fingerprint density at radius 3 is 1.89 bits per heavy atom. The van der Waals surface area contributed by atoms with Crippen LogP contribution in [0, 0.1) is 26.1 Å². The third-order valence-electron chi connectivity index (χ3n) is 6.90. The Balaban J connectivity index is 2.17. The van der Waals surface area contributed by atoms with E-state index in [9.17, 15) is 64.2 Å². The Bertz CT molecular complexity index is 1430. The number of amides is 3. The molecule has 2 rings (SSSR count). The zero-order valence-corrected chi connectivity index (χ0v) is 24.9. The number of nitro benzene ring substituents is 2. The van der Waals surface area contributed by atoms with Crippen LogP contribution in [-0.4, -0.2) is 123 Å². The highest BCUT2D eigenvalue weighted by Gasteiger charge is 2.25. The summed E-state index contributed by atoms with van der Waals surface area (Å²) in [6, 6.07) is 5.54. The molecule has 0 aliphatic carbocycles. The smallest absolute Gasteiger partial charge is 0.423 e. The number of benzene rings is 2. The van der Waals surface area contributed by atoms with Crippen molar-refractivity contribution in [3.05, 3.63) is 67.8 Å². The SMILES string of the molecule is O=C(CN(CCCNC(=O)c1cc(B(O)O)cc([N+](=O)[O-])c1)C(=O)c1cc(B(O)O)cc([N+](=O)[O-])c1)NCCC[C@@H](O)C(CO)CF. The van der Waals surface area contributed by atoms with Crippen LogP contribution in [0.4, 0.5) is 15.8 Å². The van der Waals surface area contributed by atoms with E-state index in [2.05, 4.69) is 10.6 Å². The van der Waals surface area contributed by atoms with Crippen molar-refractivity contribution in [2.24, 2.45) is 5.92 Å². The number of hydrogen-bond acceptors (Lipinski definition) is 13. The van der Waals surface area contributed by atoms with Crippen molar-refractivity contribution in [1.29, 1.82) is 0 Å². The van der Waals surface area contributed by atoms with Crippen LogP contribution in [0.2, 0.25) is 0 Å². The Hall–Kier alpha value is -4.53. The molecular weight excluding hydrogens is 631 g/mol. The normalized spacial score (nSPS) is 12.1. The minimum Gasteiger partial charge on any atom is -0.423 e. The first-order valence-corrected chi connectivity index (χ1v) is 14.2. The first-order chi connectivity index (χ1) is 22.2. The van der Waals surface area contributed by atoms with E-state index in [1.165, 1.54) is 0 Å². The number of nitro groups is 2. The summed E-state index contributed by atoms with van der Waals surface area (Å²) in [6.45, 7) is -2.48. The van der Waals surface area contributed by atoms with Crippen LogP contribution >= 0.6 is 0 Å². The predicted molar refractivity (Wildman–Crippen MR) is 163 cm³/mol. The van der Waals surface area contributed by atoms with Gasteiger partial charge in [-0.15, -0.1) is 0 Å². The van der Waals surface area contributed by atoms with Crippen molar-refractivity contribution in [1.82, 2.24) is 15.5 Å². The molecule has 2 atom stereocenters. The fourth-order valence-electron chi connectivity index (χ4n) is 4.32. The Morgan fingerprint density at radius 2 is 1.38 bits per heavy atom. The average molecular weight is 665 g/mol. The minimum absolute atomic E-state index is 0.00378. The highest BCUT2D eigenvalue weighted by Crippen LogP contribution is 2.16. The minimum atomic E-state index is -2.16. The summed E-state index contributed by atoms with van der Waals surface area (Å²) in [6.07, 6.45) is -0.917. The van der Waals surface area contributed by atoms with Crippen LogP contribution in [0.3, 0.4) is 0 Å². The molecule has 1 unspecified atom stereocenters. The lowest BCUT2D eigenvalue weighted by molar-refractivity contribution is -0.385. The molecule has 0 bridgehead atoms. The fourth-order valence-corrected chi connectivity index (χ4v) is 4.32. The highest BCUT2D eigenvalue weighted by molar-refractivity contribution is 6.59. The van der Waals surface area contributed by atoms with Gasteiger partial charge < -0.3 is 45.8 Å². The number of halogens is 1. The first kappa shape index (κ1) is 38.7. The Kier molecular flexibility index (Phi) is 15.3. The Morgan fingerprint density at radius 1 is 0.851 bits per heavy atom. The maximum atomic E-state index is 13.4. The molecule has 0 spiro atoms. The molecule has 0 heterocycles. The van der Waals surface area contributed by atoms with Gasteiger partial charge in [0.25, 0.3) is 23.2 Å². The summed E-state index contributed by atoms with van der Waals surface area (Å²) in [5.41, 5.74) is -2.48. The zero-order chi connectivity index (χ0) is 35.3. The number of aliphatic hydroxyl groups excluding tert-OH is 2. The maximum Gasteiger partial charge on any atom is 0.488 e. The van der Waals surface area contributed by atoms with E-state index >= 15 is 0 Å². The second-order valence-corrected chi connectivity index (χ2v) is 10.4. The lowest BCUT2D eigenvalue weighted by atomic mass is 9.79. The topological polar surface area (TPSA) is 286 Å². The number of carbonyl (C=O) groups excluding carboxylic acids is 3. The third kappa shape index (κ3) is 12.0. The van der Waals surface area contributed by atoms with Gasteiger partial charge in [-0.05, 0) is 42.3 Å². The van der Waals surface area contributed by atoms with Gasteiger partial charge in [-0.25, -0.2) is 0 Å². The summed E-state index contributed by atoms with van der Waals surface area (Å²) in [7, 11) is -4.25.